The van der Waals surface area contributed by atoms with Crippen LogP contribution in [0.15, 0.2) is 54.9 Å². The molecule has 172 valence electrons. The van der Waals surface area contributed by atoms with Crippen LogP contribution in [0.3, 0.4) is 0 Å². The van der Waals surface area contributed by atoms with Crippen molar-refractivity contribution >= 4 is 17.4 Å². The number of rotatable bonds is 7. The summed E-state index contributed by atoms with van der Waals surface area (Å²) in [6.45, 7) is 6.49. The predicted octanol–water partition coefficient (Wildman–Crippen LogP) is 4.50. The maximum atomic E-state index is 13.8. The number of aryl methyl sites for hydroxylation is 2. The number of anilines is 2. The summed E-state index contributed by atoms with van der Waals surface area (Å²) in [5.74, 6) is 0.362. The van der Waals surface area contributed by atoms with E-state index in [-0.39, 0.29) is 5.69 Å². The van der Waals surface area contributed by atoms with Crippen LogP contribution in [0.4, 0.5) is 20.6 Å². The van der Waals surface area contributed by atoms with Crippen molar-refractivity contribution in [3.63, 3.8) is 0 Å². The van der Waals surface area contributed by atoms with Crippen LogP contribution in [0.25, 0.3) is 11.1 Å². The number of aromatic nitrogens is 2. The highest BCUT2D eigenvalue weighted by Crippen LogP contribution is 2.21. The summed E-state index contributed by atoms with van der Waals surface area (Å²) in [6.07, 6.45) is 5.52. The molecule has 2 amide bonds. The fourth-order valence-corrected chi connectivity index (χ4v) is 3.68. The Bertz CT molecular complexity index is 1070. The zero-order chi connectivity index (χ0) is 23.0. The molecule has 2 heterocycles. The number of carbonyl (C=O) groups excluding carboxylic acids is 1. The van der Waals surface area contributed by atoms with Crippen molar-refractivity contribution in [3.05, 3.63) is 72.1 Å². The Morgan fingerprint density at radius 3 is 2.48 bits per heavy atom. The minimum absolute atomic E-state index is 0.145. The van der Waals surface area contributed by atoms with Gasteiger partial charge in [-0.25, -0.2) is 19.2 Å². The minimum atomic E-state index is -0.503. The van der Waals surface area contributed by atoms with Gasteiger partial charge in [0.2, 0.25) is 0 Å². The van der Waals surface area contributed by atoms with E-state index in [0.717, 1.165) is 68.2 Å². The summed E-state index contributed by atoms with van der Waals surface area (Å²) in [7, 11) is 0. The molecule has 7 nitrogen and oxygen atoms in total. The summed E-state index contributed by atoms with van der Waals surface area (Å²) in [5.41, 5.74) is 3.47. The van der Waals surface area contributed by atoms with Gasteiger partial charge in [0.15, 0.2) is 0 Å². The van der Waals surface area contributed by atoms with Crippen molar-refractivity contribution < 1.29 is 13.9 Å². The third kappa shape index (κ3) is 6.57. The lowest BCUT2D eigenvalue weighted by Gasteiger charge is -2.26. The highest BCUT2D eigenvalue weighted by atomic mass is 19.1. The van der Waals surface area contributed by atoms with Crippen molar-refractivity contribution in [1.29, 1.82) is 0 Å². The lowest BCUT2D eigenvalue weighted by Crippen LogP contribution is -2.37. The van der Waals surface area contributed by atoms with Crippen LogP contribution in [-0.2, 0) is 11.2 Å². The van der Waals surface area contributed by atoms with Crippen LogP contribution in [0.2, 0.25) is 0 Å². The molecule has 0 saturated carbocycles. The largest absolute Gasteiger partial charge is 0.379 e. The molecule has 4 rings (SSSR count). The SMILES string of the molecule is Cc1ccc(F)c(NC(=O)Nc2ccc(-c3cnc(CCCN4CCOCC4)nc3)cc2)c1. The molecule has 1 aliphatic rings. The molecule has 2 N–H and O–H groups in total. The van der Waals surface area contributed by atoms with Crippen molar-refractivity contribution in [3.8, 4) is 11.1 Å². The maximum absolute atomic E-state index is 13.8. The number of hydrogen-bond acceptors (Lipinski definition) is 5. The van der Waals surface area contributed by atoms with Gasteiger partial charge in [0.1, 0.15) is 11.6 Å². The van der Waals surface area contributed by atoms with Gasteiger partial charge < -0.3 is 15.4 Å². The third-order valence-electron chi connectivity index (χ3n) is 5.53. The summed E-state index contributed by atoms with van der Waals surface area (Å²) < 4.78 is 19.2. The number of amides is 2. The second kappa shape index (κ2) is 11.0. The Labute approximate surface area is 193 Å². The van der Waals surface area contributed by atoms with Gasteiger partial charge in [0.05, 0.1) is 18.9 Å². The number of benzene rings is 2. The van der Waals surface area contributed by atoms with E-state index in [1.807, 2.05) is 31.5 Å². The first-order chi connectivity index (χ1) is 16.1. The lowest BCUT2D eigenvalue weighted by molar-refractivity contribution is 0.0374. The molecule has 1 fully saturated rings. The molecule has 33 heavy (non-hydrogen) atoms. The monoisotopic (exact) mass is 449 g/mol. The first kappa shape index (κ1) is 22.8. The summed E-state index contributed by atoms with van der Waals surface area (Å²) >= 11 is 0. The summed E-state index contributed by atoms with van der Waals surface area (Å²) in [5, 5.41) is 5.25. The topological polar surface area (TPSA) is 79.4 Å². The first-order valence-corrected chi connectivity index (χ1v) is 11.1. The Morgan fingerprint density at radius 1 is 1.03 bits per heavy atom. The van der Waals surface area contributed by atoms with E-state index in [0.29, 0.717) is 5.69 Å². The van der Waals surface area contributed by atoms with E-state index in [1.54, 1.807) is 24.3 Å². The fraction of sp³-hybridized carbons (Fsp3) is 0.320. The Kier molecular flexibility index (Phi) is 7.59. The van der Waals surface area contributed by atoms with Crippen LogP contribution in [-0.4, -0.2) is 53.7 Å². The molecule has 0 atom stereocenters. The number of carbonyl (C=O) groups is 1. The number of halogens is 1. The molecule has 0 radical (unpaired) electrons. The molecule has 8 heteroatoms. The van der Waals surface area contributed by atoms with Crippen molar-refractivity contribution in [2.24, 2.45) is 0 Å². The van der Waals surface area contributed by atoms with Crippen molar-refractivity contribution in [2.75, 3.05) is 43.5 Å². The van der Waals surface area contributed by atoms with Gasteiger partial charge >= 0.3 is 6.03 Å². The fourth-order valence-electron chi connectivity index (χ4n) is 3.68. The second-order valence-corrected chi connectivity index (χ2v) is 8.09. The van der Waals surface area contributed by atoms with Gasteiger partial charge in [0, 0.05) is 43.2 Å². The molecule has 0 unspecified atom stereocenters. The van der Waals surface area contributed by atoms with Gasteiger partial charge in [-0.2, -0.15) is 0 Å². The molecule has 0 bridgehead atoms. The molecule has 0 spiro atoms. The zero-order valence-electron chi connectivity index (χ0n) is 18.7. The number of ether oxygens (including phenoxy) is 1. The smallest absolute Gasteiger partial charge is 0.323 e. The van der Waals surface area contributed by atoms with E-state index in [1.165, 1.54) is 6.07 Å². The minimum Gasteiger partial charge on any atom is -0.379 e. The Balaban J connectivity index is 1.28. The average molecular weight is 450 g/mol. The van der Waals surface area contributed by atoms with E-state index < -0.39 is 11.8 Å². The predicted molar refractivity (Wildman–Crippen MR) is 127 cm³/mol. The number of nitrogens with one attached hydrogen (secondary N) is 2. The van der Waals surface area contributed by atoms with Crippen LogP contribution >= 0.6 is 0 Å². The van der Waals surface area contributed by atoms with Crippen molar-refractivity contribution in [1.82, 2.24) is 14.9 Å². The van der Waals surface area contributed by atoms with E-state index in [9.17, 15) is 9.18 Å². The van der Waals surface area contributed by atoms with Crippen LogP contribution in [0.5, 0.6) is 0 Å². The van der Waals surface area contributed by atoms with E-state index >= 15 is 0 Å². The number of urea groups is 1. The molecular formula is C25H28FN5O2. The maximum Gasteiger partial charge on any atom is 0.323 e. The normalized spacial score (nSPS) is 14.1. The van der Waals surface area contributed by atoms with E-state index in [4.69, 9.17) is 4.74 Å². The van der Waals surface area contributed by atoms with Gasteiger partial charge in [0.25, 0.3) is 0 Å². The lowest BCUT2D eigenvalue weighted by atomic mass is 10.1. The summed E-state index contributed by atoms with van der Waals surface area (Å²) in [6, 6.07) is 11.4. The second-order valence-electron chi connectivity index (χ2n) is 8.09. The molecule has 0 aliphatic carbocycles. The van der Waals surface area contributed by atoms with Gasteiger partial charge in [-0.05, 0) is 55.3 Å². The summed E-state index contributed by atoms with van der Waals surface area (Å²) in [4.78, 5) is 23.6. The van der Waals surface area contributed by atoms with Crippen molar-refractivity contribution in [2.45, 2.75) is 19.8 Å². The zero-order valence-corrected chi connectivity index (χ0v) is 18.7. The highest BCUT2D eigenvalue weighted by Gasteiger charge is 2.10. The van der Waals surface area contributed by atoms with Crippen LogP contribution < -0.4 is 10.6 Å². The third-order valence-corrected chi connectivity index (χ3v) is 5.53. The molecule has 1 aromatic heterocycles. The first-order valence-electron chi connectivity index (χ1n) is 11.1. The molecular weight excluding hydrogens is 421 g/mol. The highest BCUT2D eigenvalue weighted by molar-refractivity contribution is 6.00. The molecule has 1 saturated heterocycles. The Morgan fingerprint density at radius 2 is 1.76 bits per heavy atom. The van der Waals surface area contributed by atoms with Gasteiger partial charge in [-0.15, -0.1) is 0 Å². The standard InChI is InChI=1S/C25H28FN5O2/c1-18-4-9-22(26)23(15-18)30-25(32)29-21-7-5-19(6-8-21)20-16-27-24(28-17-20)3-2-10-31-11-13-33-14-12-31/h4-9,15-17H,2-3,10-14H2,1H3,(H2,29,30,32). The Hall–Kier alpha value is -3.36. The molecule has 1 aliphatic heterocycles. The van der Waals surface area contributed by atoms with Gasteiger partial charge in [-0.1, -0.05) is 18.2 Å². The van der Waals surface area contributed by atoms with Crippen LogP contribution in [0, 0.1) is 12.7 Å². The quantitative estimate of drug-likeness (QED) is 0.555. The molecule has 2 aromatic carbocycles. The number of morpholine rings is 1. The number of hydrogen-bond donors (Lipinski definition) is 2. The average Bonchev–Trinajstić information content (AvgIpc) is 2.83. The van der Waals surface area contributed by atoms with E-state index in [2.05, 4.69) is 25.5 Å². The van der Waals surface area contributed by atoms with Gasteiger partial charge in [-0.3, -0.25) is 4.90 Å². The molecule has 3 aromatic rings. The van der Waals surface area contributed by atoms with Crippen LogP contribution in [0.1, 0.15) is 17.8 Å². The number of nitrogens with zero attached hydrogens (tertiary/aromatic N) is 3.